The van der Waals surface area contributed by atoms with E-state index in [1.54, 1.807) is 41.5 Å². The van der Waals surface area contributed by atoms with Crippen LogP contribution in [0.4, 0.5) is 0 Å². The number of aliphatic hydroxyl groups is 1. The predicted molar refractivity (Wildman–Crippen MR) is 120 cm³/mol. The quantitative estimate of drug-likeness (QED) is 0.516. The maximum Gasteiger partial charge on any atom is 0.367 e. The number of fused-ring (bicyclic) bond motifs is 6. The van der Waals surface area contributed by atoms with Gasteiger partial charge in [0.25, 0.3) is 0 Å². The second-order valence-corrected chi connectivity index (χ2v) is 11.9. The minimum atomic E-state index is -1.82. The Morgan fingerprint density at radius 1 is 0.676 bits per heavy atom. The summed E-state index contributed by atoms with van der Waals surface area (Å²) in [7, 11) is 0. The standard InChI is InChI=1S/C12H18O7.C12H20O6/c1-10(2)15-5-6-7(17-10)8-12(16-6,9(13)14)19-11(3,4)18-8;1-10(2)14-5-7-8(16-10)9-12(6-13,15-7)18-11(3,4)17-9/h6-8H,5H2,1-4H3,(H,13,14);7-9,13H,5-6H2,1-4H3. The summed E-state index contributed by atoms with van der Waals surface area (Å²) in [6.07, 6.45) is -2.85. The Bertz CT molecular complexity index is 918. The van der Waals surface area contributed by atoms with Crippen molar-refractivity contribution in [2.75, 3.05) is 19.8 Å². The van der Waals surface area contributed by atoms with Crippen molar-refractivity contribution >= 4 is 5.97 Å². The predicted octanol–water partition coefficient (Wildman–Crippen LogP) is 0.846. The molecular weight excluding hydrogens is 496 g/mol. The van der Waals surface area contributed by atoms with Crippen LogP contribution in [0.25, 0.3) is 0 Å². The van der Waals surface area contributed by atoms with Crippen LogP contribution in [0.1, 0.15) is 55.4 Å². The van der Waals surface area contributed by atoms with E-state index in [4.69, 9.17) is 47.4 Å². The third kappa shape index (κ3) is 4.72. The minimum absolute atomic E-state index is 0.246. The lowest BCUT2D eigenvalue weighted by Gasteiger charge is -2.38. The lowest BCUT2D eigenvalue weighted by atomic mass is 10.0. The molecule has 212 valence electrons. The zero-order chi connectivity index (χ0) is 27.2. The van der Waals surface area contributed by atoms with E-state index in [-0.39, 0.29) is 25.4 Å². The Balaban J connectivity index is 0.000000152. The number of carboxylic acids is 1. The Morgan fingerprint density at radius 3 is 1.70 bits per heavy atom. The Kier molecular flexibility index (Phi) is 6.35. The molecule has 37 heavy (non-hydrogen) atoms. The number of ether oxygens (including phenoxy) is 10. The first kappa shape index (κ1) is 27.6. The van der Waals surface area contributed by atoms with Crippen LogP contribution in [-0.2, 0) is 52.2 Å². The molecule has 0 saturated carbocycles. The molecule has 6 aliphatic rings. The van der Waals surface area contributed by atoms with E-state index in [0.29, 0.717) is 6.61 Å². The number of aliphatic hydroxyl groups excluding tert-OH is 1. The molecule has 8 unspecified atom stereocenters. The van der Waals surface area contributed by atoms with Gasteiger partial charge in [-0.05, 0) is 55.4 Å². The zero-order valence-corrected chi connectivity index (χ0v) is 22.5. The van der Waals surface area contributed by atoms with Gasteiger partial charge in [-0.15, -0.1) is 0 Å². The van der Waals surface area contributed by atoms with Gasteiger partial charge in [-0.2, -0.15) is 0 Å². The summed E-state index contributed by atoms with van der Waals surface area (Å²) in [5, 5.41) is 19.1. The van der Waals surface area contributed by atoms with Crippen molar-refractivity contribution in [2.24, 2.45) is 0 Å². The fourth-order valence-electron chi connectivity index (χ4n) is 5.71. The molecule has 0 aromatic rings. The van der Waals surface area contributed by atoms with Crippen LogP contribution < -0.4 is 0 Å². The summed E-state index contributed by atoms with van der Waals surface area (Å²) in [6, 6.07) is 0. The van der Waals surface area contributed by atoms with Crippen molar-refractivity contribution in [1.29, 1.82) is 0 Å². The summed E-state index contributed by atoms with van der Waals surface area (Å²) in [5.74, 6) is -7.45. The Hall–Kier alpha value is -0.970. The largest absolute Gasteiger partial charge is 0.477 e. The molecular formula is C24H38O13. The molecule has 0 bridgehead atoms. The van der Waals surface area contributed by atoms with Crippen LogP contribution in [-0.4, -0.2) is 107 Å². The number of aliphatic carboxylic acids is 1. The average Bonchev–Trinajstić information content (AvgIpc) is 3.39. The summed E-state index contributed by atoms with van der Waals surface area (Å²) < 4.78 is 56.8. The van der Waals surface area contributed by atoms with Gasteiger partial charge in [-0.25, -0.2) is 4.79 Å². The molecule has 0 aliphatic carbocycles. The van der Waals surface area contributed by atoms with E-state index >= 15 is 0 Å². The van der Waals surface area contributed by atoms with Crippen molar-refractivity contribution in [1.82, 2.24) is 0 Å². The summed E-state index contributed by atoms with van der Waals surface area (Å²) in [5.41, 5.74) is 0. The average molecular weight is 535 g/mol. The van der Waals surface area contributed by atoms with Gasteiger partial charge >= 0.3 is 11.8 Å². The van der Waals surface area contributed by atoms with Crippen LogP contribution >= 0.6 is 0 Å². The molecule has 6 heterocycles. The van der Waals surface area contributed by atoms with Crippen molar-refractivity contribution in [2.45, 2.75) is 127 Å². The highest BCUT2D eigenvalue weighted by molar-refractivity contribution is 5.77. The number of carboxylic acid groups (broad SMARTS) is 1. The summed E-state index contributed by atoms with van der Waals surface area (Å²) >= 11 is 0. The SMILES string of the molecule is CC1(C)OCC2OC3(C(=O)O)OC(C)(C)OC3C2O1.CC1(C)OCC2OC3(CO)OC(C)(C)OC3C2O1. The Labute approximate surface area is 215 Å². The lowest BCUT2D eigenvalue weighted by Crippen LogP contribution is -2.52. The maximum absolute atomic E-state index is 11.6. The number of hydrogen-bond acceptors (Lipinski definition) is 12. The maximum atomic E-state index is 11.6. The molecule has 6 aliphatic heterocycles. The normalized spacial score (nSPS) is 47.7. The second-order valence-electron chi connectivity index (χ2n) is 11.9. The van der Waals surface area contributed by atoms with Crippen molar-refractivity contribution in [3.63, 3.8) is 0 Å². The van der Waals surface area contributed by atoms with Gasteiger partial charge in [-0.1, -0.05) is 0 Å². The minimum Gasteiger partial charge on any atom is -0.477 e. The fourth-order valence-corrected chi connectivity index (χ4v) is 5.71. The van der Waals surface area contributed by atoms with E-state index in [0.717, 1.165) is 0 Å². The number of carbonyl (C=O) groups is 1. The molecule has 13 nitrogen and oxygen atoms in total. The van der Waals surface area contributed by atoms with Crippen LogP contribution in [0, 0.1) is 0 Å². The van der Waals surface area contributed by atoms with Crippen molar-refractivity contribution in [3.05, 3.63) is 0 Å². The molecule has 0 aromatic heterocycles. The van der Waals surface area contributed by atoms with Crippen LogP contribution in [0.2, 0.25) is 0 Å². The van der Waals surface area contributed by atoms with Gasteiger partial charge in [0.05, 0.1) is 13.2 Å². The van der Waals surface area contributed by atoms with Crippen LogP contribution in [0.5, 0.6) is 0 Å². The molecule has 0 radical (unpaired) electrons. The van der Waals surface area contributed by atoms with E-state index in [1.165, 1.54) is 0 Å². The molecule has 8 atom stereocenters. The summed E-state index contributed by atoms with van der Waals surface area (Å²) in [4.78, 5) is 11.6. The first-order valence-corrected chi connectivity index (χ1v) is 12.5. The van der Waals surface area contributed by atoms with Gasteiger partial charge in [0, 0.05) is 0 Å². The monoisotopic (exact) mass is 534 g/mol. The molecule has 13 heteroatoms. The fraction of sp³-hybridized carbons (Fsp3) is 0.958. The number of rotatable bonds is 2. The molecule has 6 saturated heterocycles. The lowest BCUT2D eigenvalue weighted by molar-refractivity contribution is -0.330. The highest BCUT2D eigenvalue weighted by Gasteiger charge is 2.71. The van der Waals surface area contributed by atoms with Gasteiger partial charge in [0.15, 0.2) is 29.3 Å². The van der Waals surface area contributed by atoms with Crippen LogP contribution in [0.15, 0.2) is 0 Å². The first-order chi connectivity index (χ1) is 16.9. The zero-order valence-electron chi connectivity index (χ0n) is 22.5. The molecule has 6 fully saturated rings. The van der Waals surface area contributed by atoms with E-state index in [2.05, 4.69) is 0 Å². The van der Waals surface area contributed by atoms with Gasteiger partial charge in [0.1, 0.15) is 37.1 Å². The van der Waals surface area contributed by atoms with E-state index in [1.807, 2.05) is 13.8 Å². The molecule has 6 rings (SSSR count). The van der Waals surface area contributed by atoms with Crippen LogP contribution in [0.3, 0.4) is 0 Å². The summed E-state index contributed by atoms with van der Waals surface area (Å²) in [6.45, 7) is 14.5. The Morgan fingerprint density at radius 2 is 1.16 bits per heavy atom. The highest BCUT2D eigenvalue weighted by atomic mass is 16.9. The topological polar surface area (TPSA) is 150 Å². The van der Waals surface area contributed by atoms with Gasteiger partial charge in [0.2, 0.25) is 5.79 Å². The van der Waals surface area contributed by atoms with Crippen molar-refractivity contribution < 1.29 is 62.4 Å². The molecule has 0 amide bonds. The molecule has 0 spiro atoms. The smallest absolute Gasteiger partial charge is 0.367 e. The molecule has 2 N–H and O–H groups in total. The van der Waals surface area contributed by atoms with Crippen molar-refractivity contribution in [3.8, 4) is 0 Å². The first-order valence-electron chi connectivity index (χ1n) is 12.5. The second kappa shape index (κ2) is 8.51. The third-order valence-corrected chi connectivity index (χ3v) is 7.00. The molecule has 0 aromatic carbocycles. The van der Waals surface area contributed by atoms with E-state index in [9.17, 15) is 15.0 Å². The van der Waals surface area contributed by atoms with Gasteiger partial charge < -0.3 is 57.6 Å². The van der Waals surface area contributed by atoms with Gasteiger partial charge in [-0.3, -0.25) is 0 Å². The number of hydrogen-bond donors (Lipinski definition) is 2. The highest BCUT2D eigenvalue weighted by Crippen LogP contribution is 2.50. The van der Waals surface area contributed by atoms with E-state index < -0.39 is 65.1 Å². The third-order valence-electron chi connectivity index (χ3n) is 7.00.